The van der Waals surface area contributed by atoms with E-state index in [0.717, 1.165) is 25.9 Å². The molecule has 0 aliphatic carbocycles. The smallest absolute Gasteiger partial charge is 0.265 e. The number of hydrogen-bond donors (Lipinski definition) is 1. The van der Waals surface area contributed by atoms with Crippen LogP contribution >= 0.6 is 0 Å². The second kappa shape index (κ2) is 7.83. The average Bonchev–Trinajstić information content (AvgIpc) is 2.49. The van der Waals surface area contributed by atoms with Gasteiger partial charge in [0.05, 0.1) is 18.8 Å². The fourth-order valence-corrected chi connectivity index (χ4v) is 2.27. The summed E-state index contributed by atoms with van der Waals surface area (Å²) in [6.45, 7) is 6.54. The van der Waals surface area contributed by atoms with E-state index in [4.69, 9.17) is 9.47 Å². The Kier molecular flexibility index (Phi) is 5.80. The number of carbonyl (C=O) groups is 1. The van der Waals surface area contributed by atoms with Crippen molar-refractivity contribution in [1.82, 2.24) is 15.4 Å². The van der Waals surface area contributed by atoms with Crippen LogP contribution in [0.25, 0.3) is 0 Å². The highest BCUT2D eigenvalue weighted by Gasteiger charge is 2.16. The maximum atomic E-state index is 12.3. The van der Waals surface area contributed by atoms with Crippen LogP contribution in [0.3, 0.4) is 0 Å². The normalized spacial score (nSPS) is 15.5. The van der Waals surface area contributed by atoms with Crippen molar-refractivity contribution in [3.63, 3.8) is 0 Å². The van der Waals surface area contributed by atoms with Gasteiger partial charge in [0.25, 0.3) is 5.91 Å². The zero-order valence-electron chi connectivity index (χ0n) is 12.7. The Morgan fingerprint density at radius 3 is 2.24 bits per heavy atom. The topological polar surface area (TPSA) is 63.7 Å². The zero-order chi connectivity index (χ0) is 15.1. The highest BCUT2D eigenvalue weighted by Crippen LogP contribution is 2.18. The number of rotatable bonds is 6. The van der Waals surface area contributed by atoms with Crippen LogP contribution in [-0.4, -0.2) is 42.2 Å². The zero-order valence-corrected chi connectivity index (χ0v) is 12.7. The van der Waals surface area contributed by atoms with Crippen LogP contribution < -0.4 is 14.9 Å². The van der Waals surface area contributed by atoms with Crippen molar-refractivity contribution >= 4 is 5.91 Å². The Morgan fingerprint density at radius 1 is 1.14 bits per heavy atom. The molecule has 2 rings (SSSR count). The summed E-state index contributed by atoms with van der Waals surface area (Å²) in [7, 11) is 0. The third-order valence-corrected chi connectivity index (χ3v) is 3.24. The summed E-state index contributed by atoms with van der Waals surface area (Å²) in [5, 5.41) is 1.97. The van der Waals surface area contributed by atoms with E-state index >= 15 is 0 Å². The minimum atomic E-state index is -0.152. The lowest BCUT2D eigenvalue weighted by atomic mass is 10.2. The van der Waals surface area contributed by atoms with Crippen LogP contribution in [0.1, 0.15) is 43.5 Å². The standard InChI is InChI=1S/C15H23N3O3/c1-3-20-13-10-12(11-14(16-13)21-4-2)15(19)17-18-8-6-5-7-9-18/h10-11H,3-9H2,1-2H3,(H,17,19). The van der Waals surface area contributed by atoms with Crippen LogP contribution in [-0.2, 0) is 0 Å². The van der Waals surface area contributed by atoms with Crippen LogP contribution in [0, 0.1) is 0 Å². The summed E-state index contributed by atoms with van der Waals surface area (Å²) in [5.41, 5.74) is 3.43. The molecule has 2 heterocycles. The van der Waals surface area contributed by atoms with E-state index in [2.05, 4.69) is 10.4 Å². The third-order valence-electron chi connectivity index (χ3n) is 3.24. The Balaban J connectivity index is 2.10. The van der Waals surface area contributed by atoms with Gasteiger partial charge in [0.2, 0.25) is 11.8 Å². The molecule has 116 valence electrons. The summed E-state index contributed by atoms with van der Waals surface area (Å²) < 4.78 is 10.8. The van der Waals surface area contributed by atoms with Gasteiger partial charge in [0, 0.05) is 25.2 Å². The maximum Gasteiger partial charge on any atom is 0.265 e. The van der Waals surface area contributed by atoms with Crippen molar-refractivity contribution in [2.24, 2.45) is 0 Å². The molecule has 0 unspecified atom stereocenters. The molecule has 1 amide bonds. The molecular weight excluding hydrogens is 270 g/mol. The van der Waals surface area contributed by atoms with E-state index in [1.165, 1.54) is 6.42 Å². The molecule has 1 aromatic heterocycles. The van der Waals surface area contributed by atoms with Crippen molar-refractivity contribution in [2.75, 3.05) is 26.3 Å². The van der Waals surface area contributed by atoms with E-state index in [-0.39, 0.29) is 5.91 Å². The molecule has 1 N–H and O–H groups in total. The number of aromatic nitrogens is 1. The number of hydrazine groups is 1. The maximum absolute atomic E-state index is 12.3. The van der Waals surface area contributed by atoms with Crippen molar-refractivity contribution < 1.29 is 14.3 Å². The minimum absolute atomic E-state index is 0.152. The van der Waals surface area contributed by atoms with Crippen molar-refractivity contribution in [3.8, 4) is 11.8 Å². The van der Waals surface area contributed by atoms with Gasteiger partial charge < -0.3 is 9.47 Å². The predicted molar refractivity (Wildman–Crippen MR) is 79.5 cm³/mol. The van der Waals surface area contributed by atoms with Crippen molar-refractivity contribution in [1.29, 1.82) is 0 Å². The molecule has 21 heavy (non-hydrogen) atoms. The van der Waals surface area contributed by atoms with Gasteiger partial charge in [-0.05, 0) is 26.7 Å². The number of hydrogen-bond acceptors (Lipinski definition) is 5. The number of amides is 1. The molecular formula is C15H23N3O3. The quantitative estimate of drug-likeness (QED) is 0.869. The lowest BCUT2D eigenvalue weighted by molar-refractivity contribution is 0.0749. The second-order valence-electron chi connectivity index (χ2n) is 4.89. The SMILES string of the molecule is CCOc1cc(C(=O)NN2CCCCC2)cc(OCC)n1. The van der Waals surface area contributed by atoms with E-state index in [0.29, 0.717) is 30.5 Å². The van der Waals surface area contributed by atoms with E-state index in [1.807, 2.05) is 18.9 Å². The third kappa shape index (κ3) is 4.60. The number of ether oxygens (including phenoxy) is 2. The Labute approximate surface area is 125 Å². The first-order chi connectivity index (χ1) is 10.2. The second-order valence-corrected chi connectivity index (χ2v) is 4.89. The minimum Gasteiger partial charge on any atom is -0.478 e. The molecule has 1 aliphatic heterocycles. The van der Waals surface area contributed by atoms with Crippen molar-refractivity contribution in [2.45, 2.75) is 33.1 Å². The fourth-order valence-electron chi connectivity index (χ4n) is 2.27. The van der Waals surface area contributed by atoms with Gasteiger partial charge in [-0.15, -0.1) is 0 Å². The monoisotopic (exact) mass is 293 g/mol. The average molecular weight is 293 g/mol. The number of nitrogens with zero attached hydrogens (tertiary/aromatic N) is 2. The van der Waals surface area contributed by atoms with Gasteiger partial charge in [0.15, 0.2) is 0 Å². The molecule has 0 radical (unpaired) electrons. The highest BCUT2D eigenvalue weighted by molar-refractivity contribution is 5.94. The number of carbonyl (C=O) groups excluding carboxylic acids is 1. The number of pyridine rings is 1. The van der Waals surface area contributed by atoms with Gasteiger partial charge in [-0.1, -0.05) is 6.42 Å². The van der Waals surface area contributed by atoms with Gasteiger partial charge in [-0.3, -0.25) is 10.2 Å². The van der Waals surface area contributed by atoms with Crippen LogP contribution in [0.15, 0.2) is 12.1 Å². The lowest BCUT2D eigenvalue weighted by Crippen LogP contribution is -2.45. The van der Waals surface area contributed by atoms with E-state index in [1.54, 1.807) is 12.1 Å². The highest BCUT2D eigenvalue weighted by atomic mass is 16.5. The summed E-state index contributed by atoms with van der Waals surface area (Å²) in [6, 6.07) is 3.29. The summed E-state index contributed by atoms with van der Waals surface area (Å²) >= 11 is 0. The number of nitrogens with one attached hydrogen (secondary N) is 1. The molecule has 6 nitrogen and oxygen atoms in total. The Hall–Kier alpha value is -1.82. The van der Waals surface area contributed by atoms with Gasteiger partial charge in [0.1, 0.15) is 0 Å². The molecule has 0 atom stereocenters. The van der Waals surface area contributed by atoms with E-state index in [9.17, 15) is 4.79 Å². The molecule has 6 heteroatoms. The molecule has 0 bridgehead atoms. The molecule has 1 aliphatic rings. The first kappa shape index (κ1) is 15.6. The predicted octanol–water partition coefficient (Wildman–Crippen LogP) is 2.01. The van der Waals surface area contributed by atoms with Gasteiger partial charge in [-0.2, -0.15) is 4.98 Å². The van der Waals surface area contributed by atoms with Crippen LogP contribution in [0.2, 0.25) is 0 Å². The summed E-state index contributed by atoms with van der Waals surface area (Å²) in [4.78, 5) is 16.5. The summed E-state index contributed by atoms with van der Waals surface area (Å²) in [6.07, 6.45) is 3.46. The first-order valence-electron chi connectivity index (χ1n) is 7.56. The molecule has 0 saturated carbocycles. The largest absolute Gasteiger partial charge is 0.478 e. The lowest BCUT2D eigenvalue weighted by Gasteiger charge is -2.26. The Bertz CT molecular complexity index is 449. The molecule has 0 aromatic carbocycles. The Morgan fingerprint density at radius 2 is 1.71 bits per heavy atom. The molecule has 1 fully saturated rings. The van der Waals surface area contributed by atoms with Gasteiger partial charge >= 0.3 is 0 Å². The van der Waals surface area contributed by atoms with Crippen LogP contribution in [0.4, 0.5) is 0 Å². The van der Waals surface area contributed by atoms with Crippen molar-refractivity contribution in [3.05, 3.63) is 17.7 Å². The molecule has 1 aromatic rings. The van der Waals surface area contributed by atoms with Gasteiger partial charge in [-0.25, -0.2) is 5.01 Å². The summed E-state index contributed by atoms with van der Waals surface area (Å²) in [5.74, 6) is 0.667. The van der Waals surface area contributed by atoms with E-state index < -0.39 is 0 Å². The molecule has 1 saturated heterocycles. The fraction of sp³-hybridized carbons (Fsp3) is 0.600. The first-order valence-corrected chi connectivity index (χ1v) is 7.56. The molecule has 0 spiro atoms. The number of piperidine rings is 1. The van der Waals surface area contributed by atoms with Crippen LogP contribution in [0.5, 0.6) is 11.8 Å².